The predicted molar refractivity (Wildman–Crippen MR) is 111 cm³/mol. The van der Waals surface area contributed by atoms with Crippen LogP contribution in [0.1, 0.15) is 91.3 Å². The molecule has 2 aromatic rings. The molecule has 1 fully saturated rings. The van der Waals surface area contributed by atoms with Crippen LogP contribution in [0.4, 0.5) is 0 Å². The number of aromatic nitrogens is 2. The minimum Gasteiger partial charge on any atom is -0.478 e. The highest BCUT2D eigenvalue weighted by Crippen LogP contribution is 2.44. The van der Waals surface area contributed by atoms with Gasteiger partial charge in [-0.15, -0.1) is 0 Å². The Bertz CT molecular complexity index is 898. The fraction of sp³-hybridized carbons (Fsp3) is 0.542. The molecule has 0 atom stereocenters. The molecule has 4 nitrogen and oxygen atoms in total. The minimum atomic E-state index is -0.842. The van der Waals surface area contributed by atoms with E-state index in [1.165, 1.54) is 12.8 Å². The summed E-state index contributed by atoms with van der Waals surface area (Å²) in [5, 5.41) is 10.3. The molecule has 2 aliphatic rings. The van der Waals surface area contributed by atoms with E-state index in [0.717, 1.165) is 85.1 Å². The Morgan fingerprint density at radius 3 is 2.50 bits per heavy atom. The molecule has 0 amide bonds. The quantitative estimate of drug-likeness (QED) is 0.702. The first-order chi connectivity index (χ1) is 13.5. The first-order valence-electron chi connectivity index (χ1n) is 10.7. The highest BCUT2D eigenvalue weighted by Gasteiger charge is 2.37. The molecule has 28 heavy (non-hydrogen) atoms. The van der Waals surface area contributed by atoms with E-state index in [-0.39, 0.29) is 5.41 Å². The van der Waals surface area contributed by atoms with Gasteiger partial charge in [-0.3, -0.25) is 9.97 Å². The van der Waals surface area contributed by atoms with Crippen molar-refractivity contribution in [2.75, 3.05) is 0 Å². The molecule has 0 bridgehead atoms. The second-order valence-electron chi connectivity index (χ2n) is 8.81. The number of hydrogen-bond acceptors (Lipinski definition) is 3. The number of hydrogen-bond donors (Lipinski definition) is 1. The zero-order chi connectivity index (χ0) is 19.7. The van der Waals surface area contributed by atoms with Crippen molar-refractivity contribution in [3.8, 4) is 11.1 Å². The maximum absolute atomic E-state index is 12.6. The summed E-state index contributed by atoms with van der Waals surface area (Å²) in [5.41, 5.74) is 6.21. The zero-order valence-corrected chi connectivity index (χ0v) is 17.1. The van der Waals surface area contributed by atoms with Gasteiger partial charge in [0.2, 0.25) is 0 Å². The molecular weight excluding hydrogens is 348 g/mol. The minimum absolute atomic E-state index is 0.149. The van der Waals surface area contributed by atoms with Gasteiger partial charge in [0, 0.05) is 28.6 Å². The van der Waals surface area contributed by atoms with Gasteiger partial charge in [0.25, 0.3) is 0 Å². The van der Waals surface area contributed by atoms with Crippen LogP contribution in [0.3, 0.4) is 0 Å². The van der Waals surface area contributed by atoms with Gasteiger partial charge in [0.15, 0.2) is 0 Å². The third-order valence-electron chi connectivity index (χ3n) is 6.65. The zero-order valence-electron chi connectivity index (χ0n) is 17.1. The normalized spacial score (nSPS) is 18.9. The van der Waals surface area contributed by atoms with Crippen LogP contribution in [0.15, 0.2) is 18.3 Å². The van der Waals surface area contributed by atoms with Gasteiger partial charge in [-0.1, -0.05) is 32.6 Å². The van der Waals surface area contributed by atoms with Gasteiger partial charge in [0.1, 0.15) is 0 Å². The van der Waals surface area contributed by atoms with E-state index in [4.69, 9.17) is 4.98 Å². The fourth-order valence-corrected chi connectivity index (χ4v) is 5.15. The Labute approximate surface area is 167 Å². The molecular formula is C24H30N2O2. The van der Waals surface area contributed by atoms with Crippen LogP contribution in [0.5, 0.6) is 0 Å². The monoisotopic (exact) mass is 378 g/mol. The number of carboxylic acid groups (broad SMARTS) is 1. The van der Waals surface area contributed by atoms with E-state index in [1.807, 2.05) is 19.1 Å². The van der Waals surface area contributed by atoms with Gasteiger partial charge in [-0.25, -0.2) is 4.79 Å². The molecule has 0 spiro atoms. The SMILES string of the molecule is Cc1cc(-c2c3c(nc(C4(C)CCCCC4)c2C(=O)O)CCCCC3)ccn1. The lowest BCUT2D eigenvalue weighted by atomic mass is 9.70. The molecule has 4 heteroatoms. The van der Waals surface area contributed by atoms with Crippen molar-refractivity contribution < 1.29 is 9.90 Å². The summed E-state index contributed by atoms with van der Waals surface area (Å²) < 4.78 is 0. The molecule has 2 aromatic heterocycles. The molecule has 0 unspecified atom stereocenters. The summed E-state index contributed by atoms with van der Waals surface area (Å²) in [4.78, 5) is 22.0. The maximum atomic E-state index is 12.6. The van der Waals surface area contributed by atoms with Gasteiger partial charge >= 0.3 is 5.97 Å². The van der Waals surface area contributed by atoms with Crippen molar-refractivity contribution in [2.45, 2.75) is 83.5 Å². The molecule has 2 heterocycles. The van der Waals surface area contributed by atoms with Crippen molar-refractivity contribution in [1.82, 2.24) is 9.97 Å². The second kappa shape index (κ2) is 7.65. The number of aromatic carboxylic acids is 1. The van der Waals surface area contributed by atoms with Crippen LogP contribution < -0.4 is 0 Å². The van der Waals surface area contributed by atoms with E-state index in [0.29, 0.717) is 5.56 Å². The number of carboxylic acids is 1. The molecule has 2 aliphatic carbocycles. The smallest absolute Gasteiger partial charge is 0.338 e. The van der Waals surface area contributed by atoms with E-state index < -0.39 is 5.97 Å². The van der Waals surface area contributed by atoms with Crippen molar-refractivity contribution in [1.29, 1.82) is 0 Å². The number of fused-ring (bicyclic) bond motifs is 1. The highest BCUT2D eigenvalue weighted by atomic mass is 16.4. The molecule has 1 saturated carbocycles. The van der Waals surface area contributed by atoms with Crippen LogP contribution in [-0.4, -0.2) is 21.0 Å². The van der Waals surface area contributed by atoms with Crippen LogP contribution >= 0.6 is 0 Å². The van der Waals surface area contributed by atoms with Gasteiger partial charge in [0.05, 0.1) is 11.3 Å². The van der Waals surface area contributed by atoms with Gasteiger partial charge in [-0.2, -0.15) is 0 Å². The summed E-state index contributed by atoms with van der Waals surface area (Å²) in [6, 6.07) is 3.99. The molecule has 4 rings (SSSR count). The van der Waals surface area contributed by atoms with Crippen molar-refractivity contribution in [2.24, 2.45) is 0 Å². The summed E-state index contributed by atoms with van der Waals surface area (Å²) in [5.74, 6) is -0.842. The van der Waals surface area contributed by atoms with E-state index >= 15 is 0 Å². The molecule has 0 aromatic carbocycles. The number of aryl methyl sites for hydroxylation is 2. The van der Waals surface area contributed by atoms with Gasteiger partial charge in [-0.05, 0) is 68.7 Å². The first-order valence-corrected chi connectivity index (χ1v) is 10.7. The second-order valence-corrected chi connectivity index (χ2v) is 8.81. The summed E-state index contributed by atoms with van der Waals surface area (Å²) >= 11 is 0. The maximum Gasteiger partial charge on any atom is 0.338 e. The highest BCUT2D eigenvalue weighted by molar-refractivity contribution is 5.99. The van der Waals surface area contributed by atoms with Crippen molar-refractivity contribution >= 4 is 5.97 Å². The van der Waals surface area contributed by atoms with Crippen molar-refractivity contribution in [3.63, 3.8) is 0 Å². The number of nitrogens with zero attached hydrogens (tertiary/aromatic N) is 2. The average molecular weight is 379 g/mol. The Balaban J connectivity index is 2.03. The summed E-state index contributed by atoms with van der Waals surface area (Å²) in [6.07, 6.45) is 12.7. The van der Waals surface area contributed by atoms with Crippen molar-refractivity contribution in [3.05, 3.63) is 46.5 Å². The van der Waals surface area contributed by atoms with E-state index in [1.54, 1.807) is 6.20 Å². The van der Waals surface area contributed by atoms with Crippen LogP contribution in [0, 0.1) is 6.92 Å². The number of rotatable bonds is 3. The lowest BCUT2D eigenvalue weighted by Gasteiger charge is -2.35. The van der Waals surface area contributed by atoms with Crippen LogP contribution in [-0.2, 0) is 18.3 Å². The standard InChI is InChI=1S/C24H30N2O2/c1-16-15-17(11-14-25-16)20-18-9-5-3-6-10-19(18)26-22(21(20)23(27)28)24(2)12-7-4-8-13-24/h11,14-15H,3-10,12-13H2,1-2H3,(H,27,28). The van der Waals surface area contributed by atoms with Crippen LogP contribution in [0.2, 0.25) is 0 Å². The average Bonchev–Trinajstić information content (AvgIpc) is 2.92. The molecule has 0 aliphatic heterocycles. The molecule has 0 radical (unpaired) electrons. The number of carbonyl (C=O) groups is 1. The lowest BCUT2D eigenvalue weighted by Crippen LogP contribution is -2.30. The molecule has 1 N–H and O–H groups in total. The Morgan fingerprint density at radius 2 is 1.79 bits per heavy atom. The summed E-state index contributed by atoms with van der Waals surface area (Å²) in [6.45, 7) is 4.19. The van der Waals surface area contributed by atoms with Crippen LogP contribution in [0.25, 0.3) is 11.1 Å². The molecule has 0 saturated heterocycles. The Kier molecular flexibility index (Phi) is 5.22. The Hall–Kier alpha value is -2.23. The first kappa shape index (κ1) is 19.1. The van der Waals surface area contributed by atoms with E-state index in [2.05, 4.69) is 11.9 Å². The number of pyridine rings is 2. The van der Waals surface area contributed by atoms with E-state index in [9.17, 15) is 9.90 Å². The Morgan fingerprint density at radius 1 is 1.07 bits per heavy atom. The topological polar surface area (TPSA) is 63.1 Å². The third-order valence-corrected chi connectivity index (χ3v) is 6.65. The summed E-state index contributed by atoms with van der Waals surface area (Å²) in [7, 11) is 0. The lowest BCUT2D eigenvalue weighted by molar-refractivity contribution is 0.0692. The van der Waals surface area contributed by atoms with Gasteiger partial charge < -0.3 is 5.11 Å². The molecule has 148 valence electrons. The largest absolute Gasteiger partial charge is 0.478 e. The fourth-order valence-electron chi connectivity index (χ4n) is 5.15. The third kappa shape index (κ3) is 3.45. The predicted octanol–water partition coefficient (Wildman–Crippen LogP) is 5.64.